The summed E-state index contributed by atoms with van der Waals surface area (Å²) in [5.74, 6) is 1.14. The molecular weight excluding hydrogens is 324 g/mol. The Morgan fingerprint density at radius 2 is 1.79 bits per heavy atom. The molecule has 0 saturated carbocycles. The van der Waals surface area contributed by atoms with Crippen LogP contribution in [0.25, 0.3) is 10.6 Å². The summed E-state index contributed by atoms with van der Waals surface area (Å²) in [6.07, 6.45) is 1.77. The molecule has 122 valence electrons. The Morgan fingerprint density at radius 1 is 1.08 bits per heavy atom. The van der Waals surface area contributed by atoms with Crippen molar-refractivity contribution in [2.24, 2.45) is 0 Å². The molecule has 0 aliphatic carbocycles. The number of benzene rings is 2. The average Bonchev–Trinajstić information content (AvgIpc) is 3.16. The largest absolute Gasteiger partial charge is 0.497 e. The molecule has 5 nitrogen and oxygen atoms in total. The Labute approximate surface area is 143 Å². The number of carbonyl (C=O) groups excluding carboxylic acids is 1. The summed E-state index contributed by atoms with van der Waals surface area (Å²) in [5.41, 5.74) is 1.75. The van der Waals surface area contributed by atoms with Crippen molar-refractivity contribution in [3.63, 3.8) is 0 Å². The Balaban J connectivity index is 1.52. The molecule has 0 saturated heterocycles. The molecule has 0 unspecified atom stereocenters. The highest BCUT2D eigenvalue weighted by Gasteiger charge is 2.05. The lowest BCUT2D eigenvalue weighted by molar-refractivity contribution is -0.118. The summed E-state index contributed by atoms with van der Waals surface area (Å²) >= 11 is 1.58. The molecule has 1 aromatic heterocycles. The van der Waals surface area contributed by atoms with Crippen LogP contribution < -0.4 is 14.8 Å². The van der Waals surface area contributed by atoms with Crippen molar-refractivity contribution in [1.29, 1.82) is 0 Å². The van der Waals surface area contributed by atoms with Gasteiger partial charge in [0.25, 0.3) is 5.91 Å². The number of carbonyl (C=O) groups is 1. The second kappa shape index (κ2) is 7.61. The second-order valence-corrected chi connectivity index (χ2v) is 5.82. The van der Waals surface area contributed by atoms with E-state index >= 15 is 0 Å². The van der Waals surface area contributed by atoms with Crippen LogP contribution in [0, 0.1) is 0 Å². The molecule has 0 bridgehead atoms. The van der Waals surface area contributed by atoms with E-state index in [0.717, 1.165) is 22.0 Å². The molecule has 3 aromatic rings. The van der Waals surface area contributed by atoms with Gasteiger partial charge in [-0.05, 0) is 48.5 Å². The van der Waals surface area contributed by atoms with E-state index in [1.165, 1.54) is 0 Å². The van der Waals surface area contributed by atoms with Crippen LogP contribution in [-0.4, -0.2) is 24.6 Å². The number of hydrogen-bond acceptors (Lipinski definition) is 5. The van der Waals surface area contributed by atoms with E-state index in [-0.39, 0.29) is 12.5 Å². The highest BCUT2D eigenvalue weighted by molar-refractivity contribution is 7.13. The number of anilines is 1. The van der Waals surface area contributed by atoms with Gasteiger partial charge >= 0.3 is 0 Å². The predicted molar refractivity (Wildman–Crippen MR) is 94.7 cm³/mol. The zero-order valence-corrected chi connectivity index (χ0v) is 13.9. The van der Waals surface area contributed by atoms with Crippen molar-refractivity contribution >= 4 is 22.9 Å². The fourth-order valence-corrected chi connectivity index (χ4v) is 2.72. The minimum absolute atomic E-state index is 0.0550. The number of nitrogens with zero attached hydrogens (tertiary/aromatic N) is 1. The molecule has 1 heterocycles. The monoisotopic (exact) mass is 340 g/mol. The van der Waals surface area contributed by atoms with Gasteiger partial charge in [-0.25, -0.2) is 4.98 Å². The Kier molecular flexibility index (Phi) is 5.08. The van der Waals surface area contributed by atoms with Gasteiger partial charge in [0.05, 0.1) is 7.11 Å². The first-order chi connectivity index (χ1) is 11.7. The van der Waals surface area contributed by atoms with Crippen LogP contribution in [0.5, 0.6) is 11.5 Å². The second-order valence-electron chi connectivity index (χ2n) is 4.93. The van der Waals surface area contributed by atoms with Crippen molar-refractivity contribution in [3.05, 3.63) is 60.1 Å². The Hall–Kier alpha value is -2.86. The fraction of sp³-hybridized carbons (Fsp3) is 0.111. The van der Waals surface area contributed by atoms with Gasteiger partial charge in [0.1, 0.15) is 16.5 Å². The third-order valence-corrected chi connectivity index (χ3v) is 4.10. The summed E-state index contributed by atoms with van der Waals surface area (Å²) in [6, 6.07) is 14.6. The molecule has 0 atom stereocenters. The fourth-order valence-electron chi connectivity index (χ4n) is 2.08. The standard InChI is InChI=1S/C18H16N2O3S/c1-22-15-6-8-16(9-7-15)23-12-17(21)20-14-4-2-13(3-5-14)18-19-10-11-24-18/h2-11H,12H2,1H3,(H,20,21). The predicted octanol–water partition coefficient (Wildman–Crippen LogP) is 3.84. The number of ether oxygens (including phenoxy) is 2. The van der Waals surface area contributed by atoms with Gasteiger partial charge in [0.2, 0.25) is 0 Å². The first-order valence-electron chi connectivity index (χ1n) is 7.31. The molecule has 2 aromatic carbocycles. The third kappa shape index (κ3) is 4.11. The summed E-state index contributed by atoms with van der Waals surface area (Å²) in [6.45, 7) is -0.0550. The van der Waals surface area contributed by atoms with Gasteiger partial charge in [0.15, 0.2) is 6.61 Å². The van der Waals surface area contributed by atoms with Gasteiger partial charge < -0.3 is 14.8 Å². The number of rotatable bonds is 6. The third-order valence-electron chi connectivity index (χ3n) is 3.28. The number of thiazole rings is 1. The summed E-state index contributed by atoms with van der Waals surface area (Å²) in [7, 11) is 1.60. The maximum Gasteiger partial charge on any atom is 0.262 e. The zero-order chi connectivity index (χ0) is 16.8. The average molecular weight is 340 g/mol. The number of amides is 1. The Morgan fingerprint density at radius 3 is 2.42 bits per heavy atom. The lowest BCUT2D eigenvalue weighted by atomic mass is 10.2. The highest BCUT2D eigenvalue weighted by Crippen LogP contribution is 2.23. The molecule has 0 fully saturated rings. The smallest absolute Gasteiger partial charge is 0.262 e. The van der Waals surface area contributed by atoms with Crippen molar-refractivity contribution in [2.45, 2.75) is 0 Å². The van der Waals surface area contributed by atoms with E-state index in [1.54, 1.807) is 48.9 Å². The molecule has 0 aliphatic rings. The Bertz CT molecular complexity index is 784. The molecule has 0 spiro atoms. The lowest BCUT2D eigenvalue weighted by Crippen LogP contribution is -2.20. The quantitative estimate of drug-likeness (QED) is 0.741. The van der Waals surface area contributed by atoms with E-state index < -0.39 is 0 Å². The first kappa shape index (κ1) is 16.0. The van der Waals surface area contributed by atoms with Crippen molar-refractivity contribution in [1.82, 2.24) is 4.98 Å². The lowest BCUT2D eigenvalue weighted by Gasteiger charge is -2.08. The summed E-state index contributed by atoms with van der Waals surface area (Å²) < 4.78 is 10.5. The van der Waals surface area contributed by atoms with Crippen LogP contribution in [0.3, 0.4) is 0 Å². The maximum absolute atomic E-state index is 12.0. The maximum atomic E-state index is 12.0. The van der Waals surface area contributed by atoms with E-state index in [9.17, 15) is 4.79 Å². The zero-order valence-electron chi connectivity index (χ0n) is 13.1. The van der Waals surface area contributed by atoms with Crippen LogP contribution in [0.4, 0.5) is 5.69 Å². The molecule has 1 amide bonds. The minimum Gasteiger partial charge on any atom is -0.497 e. The highest BCUT2D eigenvalue weighted by atomic mass is 32.1. The van der Waals surface area contributed by atoms with E-state index in [4.69, 9.17) is 9.47 Å². The summed E-state index contributed by atoms with van der Waals surface area (Å²) in [4.78, 5) is 16.2. The van der Waals surface area contributed by atoms with Crippen molar-refractivity contribution in [2.75, 3.05) is 19.0 Å². The van der Waals surface area contributed by atoms with Crippen molar-refractivity contribution in [3.8, 4) is 22.1 Å². The van der Waals surface area contributed by atoms with Crippen molar-refractivity contribution < 1.29 is 14.3 Å². The van der Waals surface area contributed by atoms with Crippen LogP contribution in [0.1, 0.15) is 0 Å². The SMILES string of the molecule is COc1ccc(OCC(=O)Nc2ccc(-c3nccs3)cc2)cc1. The number of aromatic nitrogens is 1. The van der Waals surface area contributed by atoms with Crippen LogP contribution in [0.2, 0.25) is 0 Å². The summed E-state index contributed by atoms with van der Waals surface area (Å²) in [5, 5.41) is 5.69. The van der Waals surface area contributed by atoms with Gasteiger partial charge in [0, 0.05) is 22.8 Å². The molecule has 1 N–H and O–H groups in total. The number of methoxy groups -OCH3 is 1. The van der Waals surface area contributed by atoms with Gasteiger partial charge in [-0.2, -0.15) is 0 Å². The molecule has 6 heteroatoms. The molecule has 24 heavy (non-hydrogen) atoms. The van der Waals surface area contributed by atoms with E-state index in [2.05, 4.69) is 10.3 Å². The van der Waals surface area contributed by atoms with Crippen LogP contribution in [0.15, 0.2) is 60.1 Å². The van der Waals surface area contributed by atoms with E-state index in [0.29, 0.717) is 5.75 Å². The minimum atomic E-state index is -0.215. The van der Waals surface area contributed by atoms with Crippen LogP contribution >= 0.6 is 11.3 Å². The van der Waals surface area contributed by atoms with Gasteiger partial charge in [-0.1, -0.05) is 0 Å². The normalized spacial score (nSPS) is 10.2. The molecular formula is C18H16N2O3S. The molecule has 3 rings (SSSR count). The molecule has 0 radical (unpaired) electrons. The van der Waals surface area contributed by atoms with Gasteiger partial charge in [-0.3, -0.25) is 4.79 Å². The first-order valence-corrected chi connectivity index (χ1v) is 8.19. The number of hydrogen-bond donors (Lipinski definition) is 1. The number of nitrogens with one attached hydrogen (secondary N) is 1. The topological polar surface area (TPSA) is 60.5 Å². The van der Waals surface area contributed by atoms with Crippen LogP contribution in [-0.2, 0) is 4.79 Å². The molecule has 0 aliphatic heterocycles. The van der Waals surface area contributed by atoms with Gasteiger partial charge in [-0.15, -0.1) is 11.3 Å². The van der Waals surface area contributed by atoms with E-state index in [1.807, 2.05) is 29.6 Å².